The molecule has 162 valence electrons. The van der Waals surface area contributed by atoms with Gasteiger partial charge in [-0.3, -0.25) is 4.79 Å². The highest BCUT2D eigenvalue weighted by molar-refractivity contribution is 5.97. The Hall–Kier alpha value is -3.42. The number of fused-ring (bicyclic) bond motifs is 1. The van der Waals surface area contributed by atoms with E-state index in [2.05, 4.69) is 0 Å². The molecule has 0 aromatic heterocycles. The smallest absolute Gasteiger partial charge is 0.343 e. The van der Waals surface area contributed by atoms with Crippen molar-refractivity contribution < 1.29 is 34.4 Å². The van der Waals surface area contributed by atoms with Gasteiger partial charge in [0.15, 0.2) is 5.78 Å². The van der Waals surface area contributed by atoms with Crippen molar-refractivity contribution in [3.63, 3.8) is 0 Å². The second kappa shape index (κ2) is 10.1. The van der Waals surface area contributed by atoms with Gasteiger partial charge in [0.25, 0.3) is 0 Å². The molecule has 0 saturated carbocycles. The van der Waals surface area contributed by atoms with E-state index >= 15 is 0 Å². The monoisotopic (exact) mass is 424 g/mol. The van der Waals surface area contributed by atoms with Crippen molar-refractivity contribution in [1.29, 1.82) is 0 Å². The number of phenolic OH excluding ortho intramolecular Hbond substituents is 1. The van der Waals surface area contributed by atoms with E-state index in [1.807, 2.05) is 6.07 Å². The van der Waals surface area contributed by atoms with Gasteiger partial charge in [-0.1, -0.05) is 48.6 Å². The molecule has 0 amide bonds. The van der Waals surface area contributed by atoms with Crippen LogP contribution in [-0.2, 0) is 9.53 Å². The molecular formula is C24H24O7. The Balaban J connectivity index is 2.07. The molecule has 2 aromatic carbocycles. The zero-order chi connectivity index (χ0) is 22.4. The summed E-state index contributed by atoms with van der Waals surface area (Å²) >= 11 is 0. The molecule has 7 heteroatoms. The zero-order valence-electron chi connectivity index (χ0n) is 17.0. The molecule has 3 atom stereocenters. The maximum atomic E-state index is 13.0. The summed E-state index contributed by atoms with van der Waals surface area (Å²) in [5.74, 6) is -1.37. The Labute approximate surface area is 179 Å². The highest BCUT2D eigenvalue weighted by Crippen LogP contribution is 2.32. The van der Waals surface area contributed by atoms with Gasteiger partial charge < -0.3 is 24.8 Å². The molecule has 0 fully saturated rings. The van der Waals surface area contributed by atoms with Crippen molar-refractivity contribution in [3.05, 3.63) is 77.4 Å². The number of phenols is 1. The summed E-state index contributed by atoms with van der Waals surface area (Å²) in [4.78, 5) is 25.2. The van der Waals surface area contributed by atoms with E-state index in [1.54, 1.807) is 30.3 Å². The topological polar surface area (TPSA) is 113 Å². The van der Waals surface area contributed by atoms with Crippen LogP contribution in [0.5, 0.6) is 11.5 Å². The van der Waals surface area contributed by atoms with Crippen molar-refractivity contribution in [2.75, 3.05) is 7.11 Å². The fraction of sp³-hybridized carbons (Fsp3) is 0.250. The minimum Gasteiger partial charge on any atom is -0.507 e. The molecule has 0 radical (unpaired) electrons. The molecule has 2 unspecified atom stereocenters. The average molecular weight is 424 g/mol. The first kappa shape index (κ1) is 22.3. The second-order valence-corrected chi connectivity index (χ2v) is 7.11. The Kier molecular flexibility index (Phi) is 7.23. The zero-order valence-corrected chi connectivity index (χ0v) is 17.0. The van der Waals surface area contributed by atoms with Crippen molar-refractivity contribution in [1.82, 2.24) is 0 Å². The van der Waals surface area contributed by atoms with E-state index in [0.717, 1.165) is 0 Å². The summed E-state index contributed by atoms with van der Waals surface area (Å²) in [6.07, 6.45) is 2.13. The van der Waals surface area contributed by atoms with Gasteiger partial charge >= 0.3 is 5.97 Å². The lowest BCUT2D eigenvalue weighted by Crippen LogP contribution is -2.32. The van der Waals surface area contributed by atoms with Gasteiger partial charge in [0.2, 0.25) is 0 Å². The molecular weight excluding hydrogens is 400 g/mol. The number of aliphatic hydroxyl groups excluding tert-OH is 2. The van der Waals surface area contributed by atoms with E-state index in [0.29, 0.717) is 16.9 Å². The van der Waals surface area contributed by atoms with Crippen LogP contribution in [0.15, 0.2) is 60.7 Å². The highest BCUT2D eigenvalue weighted by atomic mass is 16.5. The largest absolute Gasteiger partial charge is 0.507 e. The number of aromatic hydroxyl groups is 1. The number of aliphatic hydroxyl groups is 2. The quantitative estimate of drug-likeness (QED) is 0.635. The first-order valence-electron chi connectivity index (χ1n) is 9.80. The van der Waals surface area contributed by atoms with Gasteiger partial charge in [-0.05, 0) is 29.7 Å². The highest BCUT2D eigenvalue weighted by Gasteiger charge is 2.25. The van der Waals surface area contributed by atoms with Crippen LogP contribution in [0.4, 0.5) is 0 Å². The number of carbonyl (C=O) groups excluding carboxylic acids is 2. The van der Waals surface area contributed by atoms with Crippen LogP contribution in [0.25, 0.3) is 6.08 Å². The molecule has 0 saturated heterocycles. The van der Waals surface area contributed by atoms with Gasteiger partial charge in [0.1, 0.15) is 29.3 Å². The maximum absolute atomic E-state index is 13.0. The first-order valence-corrected chi connectivity index (χ1v) is 9.80. The minimum atomic E-state index is -1.58. The van der Waals surface area contributed by atoms with Crippen molar-refractivity contribution in [2.45, 2.75) is 31.2 Å². The molecule has 1 aliphatic rings. The summed E-state index contributed by atoms with van der Waals surface area (Å²) in [6, 6.07) is 11.8. The molecule has 2 aromatic rings. The number of esters is 1. The normalized spacial score (nSPS) is 24.4. The number of rotatable bonds is 2. The van der Waals surface area contributed by atoms with Gasteiger partial charge in [-0.25, -0.2) is 4.79 Å². The summed E-state index contributed by atoms with van der Waals surface area (Å²) < 4.78 is 10.9. The molecule has 0 bridgehead atoms. The van der Waals surface area contributed by atoms with Gasteiger partial charge in [-0.2, -0.15) is 0 Å². The number of benzene rings is 2. The SMILES string of the molecule is COc1cc(O)c2c(c1)/C=C/C[C@H](O)C(O)C(=O)/C=C/CC(c1ccccc1)OC2=O. The third kappa shape index (κ3) is 5.39. The summed E-state index contributed by atoms with van der Waals surface area (Å²) in [5, 5.41) is 30.7. The van der Waals surface area contributed by atoms with E-state index in [4.69, 9.17) is 9.47 Å². The van der Waals surface area contributed by atoms with Crippen LogP contribution in [0.1, 0.15) is 40.4 Å². The maximum Gasteiger partial charge on any atom is 0.343 e. The number of hydrogen-bond donors (Lipinski definition) is 3. The Morgan fingerprint density at radius 2 is 1.71 bits per heavy atom. The van der Waals surface area contributed by atoms with Gasteiger partial charge in [-0.15, -0.1) is 0 Å². The lowest BCUT2D eigenvalue weighted by molar-refractivity contribution is -0.127. The van der Waals surface area contributed by atoms with Crippen LogP contribution < -0.4 is 4.74 Å². The lowest BCUT2D eigenvalue weighted by atomic mass is 10.0. The summed E-state index contributed by atoms with van der Waals surface area (Å²) in [5.41, 5.74) is 0.963. The van der Waals surface area contributed by atoms with Crippen LogP contribution >= 0.6 is 0 Å². The molecule has 1 heterocycles. The molecule has 0 aliphatic carbocycles. The molecule has 1 aliphatic heterocycles. The molecule has 3 N–H and O–H groups in total. The summed E-state index contributed by atoms with van der Waals surface area (Å²) in [7, 11) is 1.43. The molecule has 7 nitrogen and oxygen atoms in total. The van der Waals surface area contributed by atoms with Crippen molar-refractivity contribution >= 4 is 17.8 Å². The van der Waals surface area contributed by atoms with E-state index in [-0.39, 0.29) is 24.2 Å². The molecule has 31 heavy (non-hydrogen) atoms. The average Bonchev–Trinajstić information content (AvgIpc) is 2.77. The van der Waals surface area contributed by atoms with E-state index in [1.165, 1.54) is 37.5 Å². The molecule has 0 spiro atoms. The number of hydrogen-bond acceptors (Lipinski definition) is 7. The van der Waals surface area contributed by atoms with Gasteiger partial charge in [0, 0.05) is 12.5 Å². The van der Waals surface area contributed by atoms with E-state index < -0.39 is 30.1 Å². The Morgan fingerprint density at radius 3 is 2.42 bits per heavy atom. The number of carbonyl (C=O) groups is 2. The number of cyclic esters (lactones) is 1. The van der Waals surface area contributed by atoms with E-state index in [9.17, 15) is 24.9 Å². The predicted octanol–water partition coefficient (Wildman–Crippen LogP) is 2.95. The van der Waals surface area contributed by atoms with Crippen molar-refractivity contribution in [2.24, 2.45) is 0 Å². The fourth-order valence-electron chi connectivity index (χ4n) is 3.26. The standard InChI is InChI=1S/C24H24O7/c1-30-17-13-16-9-5-10-18(25)23(28)19(26)11-6-12-21(15-7-3-2-4-8-15)31-24(29)22(16)20(27)14-17/h2-9,11,13-14,18,21,23,25,27-28H,10,12H2,1H3/b9-5+,11-6+/t18-,21?,23?/m0/s1. The van der Waals surface area contributed by atoms with Crippen LogP contribution in [0, 0.1) is 0 Å². The van der Waals surface area contributed by atoms with Crippen molar-refractivity contribution in [3.8, 4) is 11.5 Å². The molecule has 3 rings (SSSR count). The fourth-order valence-corrected chi connectivity index (χ4v) is 3.26. The number of ketones is 1. The lowest BCUT2D eigenvalue weighted by Gasteiger charge is -2.19. The minimum absolute atomic E-state index is 0.0418. The number of ether oxygens (including phenoxy) is 2. The third-order valence-electron chi connectivity index (χ3n) is 4.95. The van der Waals surface area contributed by atoms with Crippen LogP contribution in [0.2, 0.25) is 0 Å². The predicted molar refractivity (Wildman–Crippen MR) is 114 cm³/mol. The second-order valence-electron chi connectivity index (χ2n) is 7.11. The first-order chi connectivity index (χ1) is 14.9. The third-order valence-corrected chi connectivity index (χ3v) is 4.95. The van der Waals surface area contributed by atoms with Gasteiger partial charge in [0.05, 0.1) is 13.2 Å². The summed E-state index contributed by atoms with van der Waals surface area (Å²) in [6.45, 7) is 0. The van der Waals surface area contributed by atoms with Crippen LogP contribution in [-0.4, -0.2) is 46.4 Å². The van der Waals surface area contributed by atoms with Crippen LogP contribution in [0.3, 0.4) is 0 Å². The number of methoxy groups -OCH3 is 1. The Morgan fingerprint density at radius 1 is 1.00 bits per heavy atom. The Bertz CT molecular complexity index is 994.